The van der Waals surface area contributed by atoms with Gasteiger partial charge in [0.25, 0.3) is 11.8 Å². The molecule has 0 saturated heterocycles. The molecule has 0 unspecified atom stereocenters. The van der Waals surface area contributed by atoms with Crippen LogP contribution in [0.25, 0.3) is 5.69 Å². The number of likely N-dealkylation sites (N-methyl/N-ethyl adjacent to an activating group) is 1. The molecule has 26 heavy (non-hydrogen) atoms. The van der Waals surface area contributed by atoms with Crippen molar-refractivity contribution in [1.29, 1.82) is 0 Å². The van der Waals surface area contributed by atoms with E-state index in [-0.39, 0.29) is 18.1 Å². The van der Waals surface area contributed by atoms with Gasteiger partial charge in [0.05, 0.1) is 0 Å². The van der Waals surface area contributed by atoms with E-state index in [4.69, 9.17) is 0 Å². The van der Waals surface area contributed by atoms with Gasteiger partial charge < -0.3 is 15.2 Å². The monoisotopic (exact) mass is 355 g/mol. The Hall–Kier alpha value is -2.89. The number of unbranched alkanes of at least 4 members (excludes halogenated alkanes) is 3. The van der Waals surface area contributed by atoms with Crippen LogP contribution in [-0.2, 0) is 9.59 Å². The van der Waals surface area contributed by atoms with E-state index in [9.17, 15) is 14.4 Å². The minimum absolute atomic E-state index is 0.0844. The molecule has 2 rings (SSSR count). The first-order valence-electron chi connectivity index (χ1n) is 8.88. The third-order valence-corrected chi connectivity index (χ3v) is 4.13. The number of aromatic nitrogens is 1. The van der Waals surface area contributed by atoms with Crippen molar-refractivity contribution < 1.29 is 14.4 Å². The number of ketones is 1. The number of nitrogens with one attached hydrogen (secondary N) is 2. The zero-order valence-electron chi connectivity index (χ0n) is 15.0. The molecule has 0 aliphatic carbocycles. The molecule has 6 nitrogen and oxygen atoms in total. The summed E-state index contributed by atoms with van der Waals surface area (Å²) in [5, 5.41) is 5.23. The van der Waals surface area contributed by atoms with Crippen LogP contribution in [0.5, 0.6) is 0 Å². The average Bonchev–Trinajstić information content (AvgIpc) is 3.21. The Kier molecular flexibility index (Phi) is 7.61. The van der Waals surface area contributed by atoms with Crippen LogP contribution < -0.4 is 10.6 Å². The molecule has 2 amide bonds. The first-order chi connectivity index (χ1) is 12.6. The number of Topliss-reactive ketones (excluding diaryl/α,β-unsaturated/α-hetero) is 1. The standard InChI is InChI=1S/C20H25N3O3/c1-21-20(26)18(24)8-4-2-3-5-13-22-19(25)16-9-11-17(12-10-16)23-14-6-7-15-23/h6-7,9-12,14-15H,2-5,8,13H2,1H3,(H,21,26)(H,22,25). The van der Waals surface area contributed by atoms with Gasteiger partial charge in [0.1, 0.15) is 0 Å². The predicted molar refractivity (Wildman–Crippen MR) is 100 cm³/mol. The van der Waals surface area contributed by atoms with E-state index in [0.717, 1.165) is 24.9 Å². The Morgan fingerprint density at radius 2 is 1.58 bits per heavy atom. The second kappa shape index (κ2) is 10.2. The van der Waals surface area contributed by atoms with Crippen molar-refractivity contribution in [2.24, 2.45) is 0 Å². The lowest BCUT2D eigenvalue weighted by Crippen LogP contribution is -2.27. The Balaban J connectivity index is 1.62. The quantitative estimate of drug-likeness (QED) is 0.507. The van der Waals surface area contributed by atoms with Gasteiger partial charge in [-0.1, -0.05) is 12.8 Å². The fraction of sp³-hybridized carbons (Fsp3) is 0.350. The molecule has 0 saturated carbocycles. The van der Waals surface area contributed by atoms with Crippen LogP contribution in [0.2, 0.25) is 0 Å². The van der Waals surface area contributed by atoms with Crippen LogP contribution in [0.4, 0.5) is 0 Å². The van der Waals surface area contributed by atoms with Gasteiger partial charge in [-0.05, 0) is 49.2 Å². The first-order valence-corrected chi connectivity index (χ1v) is 8.88. The summed E-state index contributed by atoms with van der Waals surface area (Å²) in [6, 6.07) is 11.4. The number of carbonyl (C=O) groups is 3. The van der Waals surface area contributed by atoms with Crippen molar-refractivity contribution in [3.8, 4) is 5.69 Å². The molecule has 2 N–H and O–H groups in total. The van der Waals surface area contributed by atoms with Crippen molar-refractivity contribution in [3.05, 3.63) is 54.4 Å². The number of hydrogen-bond donors (Lipinski definition) is 2. The normalized spacial score (nSPS) is 10.3. The van der Waals surface area contributed by atoms with Gasteiger partial charge in [0.15, 0.2) is 0 Å². The maximum atomic E-state index is 12.1. The lowest BCUT2D eigenvalue weighted by molar-refractivity contribution is -0.137. The summed E-state index contributed by atoms with van der Waals surface area (Å²) in [6.45, 7) is 0.599. The Labute approximate surface area is 153 Å². The van der Waals surface area contributed by atoms with E-state index < -0.39 is 5.91 Å². The Morgan fingerprint density at radius 3 is 2.23 bits per heavy atom. The molecule has 0 bridgehead atoms. The first kappa shape index (κ1) is 19.4. The lowest BCUT2D eigenvalue weighted by atomic mass is 10.1. The van der Waals surface area contributed by atoms with Crippen LogP contribution >= 0.6 is 0 Å². The van der Waals surface area contributed by atoms with Gasteiger partial charge in [-0.2, -0.15) is 0 Å². The summed E-state index contributed by atoms with van der Waals surface area (Å²) < 4.78 is 1.98. The molecule has 0 atom stereocenters. The Morgan fingerprint density at radius 1 is 0.923 bits per heavy atom. The fourth-order valence-corrected chi connectivity index (χ4v) is 2.61. The SMILES string of the molecule is CNC(=O)C(=O)CCCCCCNC(=O)c1ccc(-n2cccc2)cc1. The highest BCUT2D eigenvalue weighted by atomic mass is 16.2. The van der Waals surface area contributed by atoms with Gasteiger partial charge >= 0.3 is 0 Å². The van der Waals surface area contributed by atoms with E-state index in [1.165, 1.54) is 7.05 Å². The van der Waals surface area contributed by atoms with Crippen LogP contribution in [0, 0.1) is 0 Å². The van der Waals surface area contributed by atoms with Gasteiger partial charge in [-0.3, -0.25) is 14.4 Å². The van der Waals surface area contributed by atoms with Crippen LogP contribution in [0.3, 0.4) is 0 Å². The zero-order chi connectivity index (χ0) is 18.8. The maximum absolute atomic E-state index is 12.1. The predicted octanol–water partition coefficient (Wildman–Crippen LogP) is 2.47. The maximum Gasteiger partial charge on any atom is 0.287 e. The van der Waals surface area contributed by atoms with Crippen molar-refractivity contribution in [1.82, 2.24) is 15.2 Å². The summed E-state index contributed by atoms with van der Waals surface area (Å²) in [6.07, 6.45) is 7.51. The third-order valence-electron chi connectivity index (χ3n) is 4.13. The minimum Gasteiger partial charge on any atom is -0.353 e. The van der Waals surface area contributed by atoms with E-state index in [2.05, 4.69) is 10.6 Å². The molecule has 1 aromatic heterocycles. The molecule has 1 aromatic carbocycles. The van der Waals surface area contributed by atoms with Crippen molar-refractivity contribution in [2.45, 2.75) is 32.1 Å². The summed E-state index contributed by atoms with van der Waals surface area (Å²) in [5.41, 5.74) is 1.65. The number of rotatable bonds is 10. The summed E-state index contributed by atoms with van der Waals surface area (Å²) in [7, 11) is 1.46. The number of hydrogen-bond acceptors (Lipinski definition) is 3. The summed E-state index contributed by atoms with van der Waals surface area (Å²) in [5.74, 6) is -0.983. The number of amides is 2. The number of carbonyl (C=O) groups excluding carboxylic acids is 3. The van der Waals surface area contributed by atoms with Crippen LogP contribution in [0.15, 0.2) is 48.8 Å². The van der Waals surface area contributed by atoms with Crippen molar-refractivity contribution in [2.75, 3.05) is 13.6 Å². The van der Waals surface area contributed by atoms with E-state index in [1.54, 1.807) is 0 Å². The van der Waals surface area contributed by atoms with Crippen molar-refractivity contribution in [3.63, 3.8) is 0 Å². The van der Waals surface area contributed by atoms with Crippen LogP contribution in [-0.4, -0.2) is 35.8 Å². The molecule has 1 heterocycles. The van der Waals surface area contributed by atoms with Gasteiger partial charge in [-0.25, -0.2) is 0 Å². The van der Waals surface area contributed by atoms with Gasteiger partial charge in [-0.15, -0.1) is 0 Å². The molecular formula is C20H25N3O3. The molecule has 0 spiro atoms. The molecule has 0 radical (unpaired) electrons. The highest BCUT2D eigenvalue weighted by molar-refractivity contribution is 6.36. The van der Waals surface area contributed by atoms with Gasteiger partial charge in [0.2, 0.25) is 5.78 Å². The summed E-state index contributed by atoms with van der Waals surface area (Å²) in [4.78, 5) is 34.5. The molecule has 138 valence electrons. The highest BCUT2D eigenvalue weighted by Gasteiger charge is 2.10. The number of nitrogens with zero attached hydrogens (tertiary/aromatic N) is 1. The zero-order valence-corrected chi connectivity index (χ0v) is 15.0. The molecule has 0 aliphatic heterocycles. The summed E-state index contributed by atoms with van der Waals surface area (Å²) >= 11 is 0. The Bertz CT molecular complexity index is 721. The second-order valence-corrected chi connectivity index (χ2v) is 6.06. The smallest absolute Gasteiger partial charge is 0.287 e. The molecule has 2 aromatic rings. The molecule has 6 heteroatoms. The minimum atomic E-state index is -0.528. The van der Waals surface area contributed by atoms with E-state index >= 15 is 0 Å². The van der Waals surface area contributed by atoms with E-state index in [1.807, 2.05) is 53.4 Å². The van der Waals surface area contributed by atoms with Crippen LogP contribution in [0.1, 0.15) is 42.5 Å². The highest BCUT2D eigenvalue weighted by Crippen LogP contribution is 2.10. The molecule has 0 fully saturated rings. The largest absolute Gasteiger partial charge is 0.353 e. The van der Waals surface area contributed by atoms with Crippen molar-refractivity contribution >= 4 is 17.6 Å². The lowest BCUT2D eigenvalue weighted by Gasteiger charge is -2.07. The average molecular weight is 355 g/mol. The second-order valence-electron chi connectivity index (χ2n) is 6.06. The van der Waals surface area contributed by atoms with Gasteiger partial charge in [0, 0.05) is 43.7 Å². The molecular weight excluding hydrogens is 330 g/mol. The van der Waals surface area contributed by atoms with E-state index in [0.29, 0.717) is 18.5 Å². The fourth-order valence-electron chi connectivity index (χ4n) is 2.61. The molecule has 0 aliphatic rings. The topological polar surface area (TPSA) is 80.2 Å². The number of benzene rings is 1. The third kappa shape index (κ3) is 5.88.